The minimum atomic E-state index is -3.77. The Morgan fingerprint density at radius 1 is 1.00 bits per heavy atom. The number of rotatable bonds is 7. The van der Waals surface area contributed by atoms with Crippen molar-refractivity contribution in [1.82, 2.24) is 4.72 Å². The lowest BCUT2D eigenvalue weighted by atomic mass is 10.2. The lowest BCUT2D eigenvalue weighted by molar-refractivity contribution is -0.114. The van der Waals surface area contributed by atoms with Crippen LogP contribution in [0.25, 0.3) is 0 Å². The molecule has 3 aromatic rings. The summed E-state index contributed by atoms with van der Waals surface area (Å²) in [5.41, 5.74) is 0.940. The lowest BCUT2D eigenvalue weighted by Gasteiger charge is -2.12. The number of amides is 2. The molecule has 0 unspecified atom stereocenters. The van der Waals surface area contributed by atoms with Crippen molar-refractivity contribution in [1.29, 1.82) is 0 Å². The highest BCUT2D eigenvalue weighted by molar-refractivity contribution is 7.89. The summed E-state index contributed by atoms with van der Waals surface area (Å²) in [6.45, 7) is 1.36. The average Bonchev–Trinajstić information content (AvgIpc) is 3.22. The number of halogens is 1. The maximum atomic E-state index is 12.6. The molecule has 0 aliphatic rings. The third-order valence-corrected chi connectivity index (χ3v) is 5.64. The minimum Gasteiger partial charge on any atom is -0.468 e. The molecular formula is C20H18ClN3O5S. The fraction of sp³-hybridized carbons (Fsp3) is 0.100. The molecule has 0 aliphatic heterocycles. The largest absolute Gasteiger partial charge is 0.468 e. The van der Waals surface area contributed by atoms with Crippen LogP contribution in [-0.2, 0) is 21.4 Å². The summed E-state index contributed by atoms with van der Waals surface area (Å²) in [7, 11) is -3.77. The van der Waals surface area contributed by atoms with Crippen molar-refractivity contribution in [3.8, 4) is 0 Å². The van der Waals surface area contributed by atoms with Gasteiger partial charge in [-0.1, -0.05) is 11.6 Å². The highest BCUT2D eigenvalue weighted by Gasteiger charge is 2.16. The van der Waals surface area contributed by atoms with E-state index in [1.807, 2.05) is 0 Å². The molecule has 0 aliphatic carbocycles. The average molecular weight is 448 g/mol. The number of sulfonamides is 1. The Labute approximate surface area is 178 Å². The summed E-state index contributed by atoms with van der Waals surface area (Å²) < 4.78 is 32.3. The monoisotopic (exact) mass is 447 g/mol. The van der Waals surface area contributed by atoms with Crippen molar-refractivity contribution in [2.45, 2.75) is 18.4 Å². The second-order valence-electron chi connectivity index (χ2n) is 6.25. The Kier molecular flexibility index (Phi) is 6.56. The minimum absolute atomic E-state index is 0.00676. The maximum absolute atomic E-state index is 12.6. The molecule has 1 aromatic heterocycles. The summed E-state index contributed by atoms with van der Waals surface area (Å²) in [4.78, 5) is 23.9. The third kappa shape index (κ3) is 5.47. The Bertz CT molecular complexity index is 1160. The number of benzene rings is 2. The first-order chi connectivity index (χ1) is 14.2. The third-order valence-electron chi connectivity index (χ3n) is 3.98. The van der Waals surface area contributed by atoms with E-state index < -0.39 is 15.9 Å². The molecule has 0 radical (unpaired) electrons. The van der Waals surface area contributed by atoms with Gasteiger partial charge in [0.15, 0.2) is 0 Å². The number of furan rings is 1. The van der Waals surface area contributed by atoms with Crippen LogP contribution < -0.4 is 15.4 Å². The van der Waals surface area contributed by atoms with Gasteiger partial charge in [0.05, 0.1) is 29.1 Å². The molecule has 0 fully saturated rings. The molecule has 8 nitrogen and oxygen atoms in total. The molecule has 156 valence electrons. The van der Waals surface area contributed by atoms with E-state index in [2.05, 4.69) is 15.4 Å². The Hall–Kier alpha value is -3.14. The smallest absolute Gasteiger partial charge is 0.255 e. The van der Waals surface area contributed by atoms with Crippen LogP contribution in [0.15, 0.2) is 70.2 Å². The number of carbonyl (C=O) groups excluding carboxylic acids is 2. The van der Waals surface area contributed by atoms with Crippen molar-refractivity contribution in [2.75, 3.05) is 10.6 Å². The first-order valence-electron chi connectivity index (χ1n) is 8.75. The second kappa shape index (κ2) is 9.12. The van der Waals surface area contributed by atoms with E-state index in [-0.39, 0.29) is 22.9 Å². The Morgan fingerprint density at radius 2 is 1.73 bits per heavy atom. The van der Waals surface area contributed by atoms with Gasteiger partial charge in [0, 0.05) is 17.5 Å². The van der Waals surface area contributed by atoms with Crippen LogP contribution in [0.1, 0.15) is 23.0 Å². The molecule has 0 bridgehead atoms. The fourth-order valence-electron chi connectivity index (χ4n) is 2.56. The SMILES string of the molecule is CC(=O)Nc1ccc(Cl)cc1NC(=O)c1ccc(S(=O)(=O)NCc2ccco2)cc1. The van der Waals surface area contributed by atoms with Crippen molar-refractivity contribution >= 4 is 44.8 Å². The second-order valence-corrected chi connectivity index (χ2v) is 8.46. The van der Waals surface area contributed by atoms with E-state index in [9.17, 15) is 18.0 Å². The standard InChI is InChI=1S/C20H18ClN3O5S/c1-13(25)23-18-9-6-15(21)11-19(18)24-20(26)14-4-7-17(8-5-14)30(27,28)22-12-16-3-2-10-29-16/h2-11,22H,12H2,1H3,(H,23,25)(H,24,26). The molecule has 2 amide bonds. The van der Waals surface area contributed by atoms with Crippen LogP contribution in [0.3, 0.4) is 0 Å². The van der Waals surface area contributed by atoms with Gasteiger partial charge in [0.1, 0.15) is 5.76 Å². The van der Waals surface area contributed by atoms with Gasteiger partial charge in [-0.2, -0.15) is 0 Å². The molecule has 0 atom stereocenters. The maximum Gasteiger partial charge on any atom is 0.255 e. The van der Waals surface area contributed by atoms with Crippen LogP contribution >= 0.6 is 11.6 Å². The molecule has 0 spiro atoms. The summed E-state index contributed by atoms with van der Waals surface area (Å²) in [6, 6.07) is 13.4. The van der Waals surface area contributed by atoms with E-state index in [1.165, 1.54) is 43.5 Å². The molecular weight excluding hydrogens is 430 g/mol. The van der Waals surface area contributed by atoms with Gasteiger partial charge < -0.3 is 15.1 Å². The van der Waals surface area contributed by atoms with Gasteiger partial charge in [-0.3, -0.25) is 9.59 Å². The summed E-state index contributed by atoms with van der Waals surface area (Å²) >= 11 is 5.98. The topological polar surface area (TPSA) is 118 Å². The molecule has 3 N–H and O–H groups in total. The van der Waals surface area contributed by atoms with Crippen molar-refractivity contribution in [3.05, 3.63) is 77.2 Å². The highest BCUT2D eigenvalue weighted by atomic mass is 35.5. The molecule has 10 heteroatoms. The number of carbonyl (C=O) groups is 2. The molecule has 3 rings (SSSR count). The van der Waals surface area contributed by atoms with Gasteiger partial charge in [-0.05, 0) is 54.6 Å². The van der Waals surface area contributed by atoms with Crippen LogP contribution in [0.4, 0.5) is 11.4 Å². The van der Waals surface area contributed by atoms with Crippen molar-refractivity contribution < 1.29 is 22.4 Å². The summed E-state index contributed by atoms with van der Waals surface area (Å²) in [5, 5.41) is 5.64. The molecule has 0 saturated carbocycles. The van der Waals surface area contributed by atoms with E-state index in [4.69, 9.17) is 16.0 Å². The molecule has 30 heavy (non-hydrogen) atoms. The number of hydrogen-bond donors (Lipinski definition) is 3. The van der Waals surface area contributed by atoms with Crippen LogP contribution in [0, 0.1) is 0 Å². The zero-order valence-corrected chi connectivity index (χ0v) is 17.4. The van der Waals surface area contributed by atoms with Crippen molar-refractivity contribution in [2.24, 2.45) is 0 Å². The van der Waals surface area contributed by atoms with Gasteiger partial charge in [0.2, 0.25) is 15.9 Å². The van der Waals surface area contributed by atoms with Crippen molar-refractivity contribution in [3.63, 3.8) is 0 Å². The van der Waals surface area contributed by atoms with Gasteiger partial charge >= 0.3 is 0 Å². The first kappa shape index (κ1) is 21.6. The van der Waals surface area contributed by atoms with Crippen LogP contribution in [0.2, 0.25) is 5.02 Å². The molecule has 2 aromatic carbocycles. The Balaban J connectivity index is 1.72. The summed E-state index contributed by atoms with van der Waals surface area (Å²) in [6.07, 6.45) is 1.45. The van der Waals surface area contributed by atoms with E-state index in [0.29, 0.717) is 22.2 Å². The van der Waals surface area contributed by atoms with Crippen LogP contribution in [-0.4, -0.2) is 20.2 Å². The number of anilines is 2. The van der Waals surface area contributed by atoms with Gasteiger partial charge in [-0.15, -0.1) is 0 Å². The van der Waals surface area contributed by atoms with Gasteiger partial charge in [-0.25, -0.2) is 13.1 Å². The van der Waals surface area contributed by atoms with E-state index in [0.717, 1.165) is 0 Å². The fourth-order valence-corrected chi connectivity index (χ4v) is 3.73. The molecule has 0 saturated heterocycles. The number of hydrogen-bond acceptors (Lipinski definition) is 5. The van der Waals surface area contributed by atoms with Gasteiger partial charge in [0.25, 0.3) is 5.91 Å². The number of nitrogens with one attached hydrogen (secondary N) is 3. The normalized spacial score (nSPS) is 11.1. The zero-order chi connectivity index (χ0) is 21.7. The predicted octanol–water partition coefficient (Wildman–Crippen LogP) is 3.62. The van der Waals surface area contributed by atoms with E-state index in [1.54, 1.807) is 24.3 Å². The van der Waals surface area contributed by atoms with Crippen LogP contribution in [0.5, 0.6) is 0 Å². The summed E-state index contributed by atoms with van der Waals surface area (Å²) in [5.74, 6) is -0.313. The molecule has 1 heterocycles. The predicted molar refractivity (Wildman–Crippen MR) is 113 cm³/mol. The lowest BCUT2D eigenvalue weighted by Crippen LogP contribution is -2.23. The van der Waals surface area contributed by atoms with E-state index >= 15 is 0 Å². The highest BCUT2D eigenvalue weighted by Crippen LogP contribution is 2.26. The quantitative estimate of drug-likeness (QED) is 0.511. The Morgan fingerprint density at radius 3 is 2.37 bits per heavy atom. The first-order valence-corrected chi connectivity index (χ1v) is 10.6. The zero-order valence-electron chi connectivity index (χ0n) is 15.8.